The van der Waals surface area contributed by atoms with E-state index in [1.807, 2.05) is 20.8 Å². The van der Waals surface area contributed by atoms with Crippen molar-refractivity contribution in [2.24, 2.45) is 5.92 Å². The zero-order valence-corrected chi connectivity index (χ0v) is 17.7. The van der Waals surface area contributed by atoms with Crippen molar-refractivity contribution in [3.8, 4) is 0 Å². The number of nitrogen functional groups attached to an aromatic ring is 1. The number of fused-ring (bicyclic) bond motifs is 1. The summed E-state index contributed by atoms with van der Waals surface area (Å²) in [5.41, 5.74) is 9.23. The number of hydrogen-bond donors (Lipinski definition) is 3. The molecule has 1 aliphatic heterocycles. The van der Waals surface area contributed by atoms with E-state index in [-0.39, 0.29) is 18.4 Å². The average Bonchev–Trinajstić information content (AvgIpc) is 2.94. The number of hydrogen-bond acceptors (Lipinski definition) is 6. The van der Waals surface area contributed by atoms with Crippen LogP contribution in [0.1, 0.15) is 64.1 Å². The third kappa shape index (κ3) is 5.10. The Bertz CT molecular complexity index is 790. The van der Waals surface area contributed by atoms with Gasteiger partial charge in [0.2, 0.25) is 0 Å². The molecule has 1 aromatic rings. The molecule has 29 heavy (non-hydrogen) atoms. The lowest BCUT2D eigenvalue weighted by molar-refractivity contribution is -0.137. The van der Waals surface area contributed by atoms with Gasteiger partial charge in [-0.1, -0.05) is 6.92 Å². The lowest BCUT2D eigenvalue weighted by Gasteiger charge is -2.39. The van der Waals surface area contributed by atoms with E-state index in [1.54, 1.807) is 6.20 Å². The Labute approximate surface area is 171 Å². The highest BCUT2D eigenvalue weighted by Gasteiger charge is 2.34. The van der Waals surface area contributed by atoms with Gasteiger partial charge in [0.1, 0.15) is 5.60 Å². The van der Waals surface area contributed by atoms with Crippen molar-refractivity contribution in [1.82, 2.24) is 10.3 Å². The fourth-order valence-electron chi connectivity index (χ4n) is 4.52. The number of amides is 1. The molecule has 1 saturated heterocycles. The van der Waals surface area contributed by atoms with Crippen molar-refractivity contribution in [2.75, 3.05) is 23.7 Å². The van der Waals surface area contributed by atoms with E-state index >= 15 is 0 Å². The number of ether oxygens (including phenoxy) is 1. The Morgan fingerprint density at radius 2 is 2.10 bits per heavy atom. The van der Waals surface area contributed by atoms with E-state index in [2.05, 4.69) is 22.1 Å². The second-order valence-electron chi connectivity index (χ2n) is 9.35. The number of nitrogens with zero attached hydrogens (tertiary/aromatic N) is 2. The normalized spacial score (nSPS) is 24.1. The van der Waals surface area contributed by atoms with E-state index in [4.69, 9.17) is 10.5 Å². The highest BCUT2D eigenvalue weighted by molar-refractivity contribution is 5.75. The lowest BCUT2D eigenvalue weighted by Crippen LogP contribution is -2.51. The van der Waals surface area contributed by atoms with Gasteiger partial charge in [0.25, 0.3) is 0 Å². The number of carboxylic acid groups (broad SMARTS) is 1. The predicted molar refractivity (Wildman–Crippen MR) is 111 cm³/mol. The first kappa shape index (κ1) is 21.2. The number of carbonyl (C=O) groups excluding carboxylic acids is 1. The summed E-state index contributed by atoms with van der Waals surface area (Å²) in [5, 5.41) is 12.2. The topological polar surface area (TPSA) is 118 Å². The molecule has 8 heteroatoms. The van der Waals surface area contributed by atoms with Crippen LogP contribution < -0.4 is 16.0 Å². The summed E-state index contributed by atoms with van der Waals surface area (Å²) in [6.45, 7) is 9.15. The minimum Gasteiger partial charge on any atom is -0.481 e. The van der Waals surface area contributed by atoms with E-state index in [9.17, 15) is 14.7 Å². The van der Waals surface area contributed by atoms with Crippen LogP contribution in [0.2, 0.25) is 0 Å². The van der Waals surface area contributed by atoms with Gasteiger partial charge in [-0.3, -0.25) is 9.78 Å². The van der Waals surface area contributed by atoms with E-state index in [1.165, 1.54) is 0 Å². The van der Waals surface area contributed by atoms with Crippen LogP contribution in [0.5, 0.6) is 0 Å². The Balaban J connectivity index is 1.80. The fourth-order valence-corrected chi connectivity index (χ4v) is 4.52. The molecule has 0 bridgehead atoms. The van der Waals surface area contributed by atoms with Crippen LogP contribution >= 0.6 is 0 Å². The lowest BCUT2D eigenvalue weighted by atomic mass is 9.94. The number of nitrogens with one attached hydrogen (secondary N) is 1. The molecule has 0 saturated carbocycles. The molecule has 0 radical (unpaired) electrons. The van der Waals surface area contributed by atoms with Crippen molar-refractivity contribution in [3.63, 3.8) is 0 Å². The van der Waals surface area contributed by atoms with Gasteiger partial charge in [0.05, 0.1) is 24.0 Å². The van der Waals surface area contributed by atoms with E-state index in [0.717, 1.165) is 42.8 Å². The van der Waals surface area contributed by atoms with Crippen LogP contribution in [-0.2, 0) is 16.0 Å². The SMILES string of the molecule is C[C@@H]1C[C@H](NC(=O)OC(C)(C)C)CN(c2c(N)cnc3c2CCC3CC(=O)O)C1. The third-order valence-corrected chi connectivity index (χ3v) is 5.46. The van der Waals surface area contributed by atoms with Gasteiger partial charge in [-0.25, -0.2) is 4.79 Å². The summed E-state index contributed by atoms with van der Waals surface area (Å²) in [6, 6.07) is -0.0481. The molecule has 1 aliphatic carbocycles. The van der Waals surface area contributed by atoms with Crippen LogP contribution in [0.4, 0.5) is 16.2 Å². The number of carboxylic acids is 1. The summed E-state index contributed by atoms with van der Waals surface area (Å²) in [4.78, 5) is 30.1. The van der Waals surface area contributed by atoms with Crippen molar-refractivity contribution in [2.45, 2.75) is 70.9 Å². The molecule has 160 valence electrons. The van der Waals surface area contributed by atoms with Gasteiger partial charge >= 0.3 is 12.1 Å². The Hall–Kier alpha value is -2.51. The smallest absolute Gasteiger partial charge is 0.407 e. The molecular formula is C21H32N4O4. The van der Waals surface area contributed by atoms with Gasteiger partial charge in [-0.15, -0.1) is 0 Å². The first-order valence-electron chi connectivity index (χ1n) is 10.3. The van der Waals surface area contributed by atoms with Crippen molar-refractivity contribution in [1.29, 1.82) is 0 Å². The monoisotopic (exact) mass is 404 g/mol. The number of carbonyl (C=O) groups is 2. The molecule has 2 aliphatic rings. The summed E-state index contributed by atoms with van der Waals surface area (Å²) in [5.74, 6) is -0.515. The molecule has 4 N–H and O–H groups in total. The van der Waals surface area contributed by atoms with Crippen molar-refractivity contribution < 1.29 is 19.4 Å². The molecule has 1 fully saturated rings. The standard InChI is InChI=1S/C21H32N4O4/c1-12-7-14(24-20(28)29-21(2,3)4)11-25(10-12)19-15-6-5-13(8-17(26)27)18(15)23-9-16(19)22/h9,12-14H,5-8,10-11,22H2,1-4H3,(H,24,28)(H,26,27)/t12-,13?,14+/m1/s1. The summed E-state index contributed by atoms with van der Waals surface area (Å²) in [6.07, 6.45) is 3.73. The second-order valence-corrected chi connectivity index (χ2v) is 9.35. The number of nitrogens with two attached hydrogens (primary N) is 1. The van der Waals surface area contributed by atoms with Gasteiger partial charge in [0, 0.05) is 30.7 Å². The third-order valence-electron chi connectivity index (χ3n) is 5.46. The molecule has 2 heterocycles. The molecule has 1 unspecified atom stereocenters. The van der Waals surface area contributed by atoms with Crippen molar-refractivity contribution >= 4 is 23.4 Å². The zero-order valence-electron chi connectivity index (χ0n) is 17.7. The Morgan fingerprint density at radius 3 is 2.76 bits per heavy atom. The molecule has 0 spiro atoms. The quantitative estimate of drug-likeness (QED) is 0.706. The summed E-state index contributed by atoms with van der Waals surface area (Å²) >= 11 is 0. The predicted octanol–water partition coefficient (Wildman–Crippen LogP) is 2.91. The molecule has 1 amide bonds. The van der Waals surface area contributed by atoms with Gasteiger partial charge in [-0.05, 0) is 51.5 Å². The summed E-state index contributed by atoms with van der Waals surface area (Å²) < 4.78 is 5.41. The first-order chi connectivity index (χ1) is 13.5. The van der Waals surface area contributed by atoms with Crippen LogP contribution in [0.25, 0.3) is 0 Å². The zero-order chi connectivity index (χ0) is 21.3. The van der Waals surface area contributed by atoms with Crippen molar-refractivity contribution in [3.05, 3.63) is 17.5 Å². The van der Waals surface area contributed by atoms with Gasteiger partial charge < -0.3 is 25.8 Å². The molecule has 3 rings (SSSR count). The number of pyridine rings is 1. The van der Waals surface area contributed by atoms with Crippen LogP contribution in [0, 0.1) is 5.92 Å². The number of anilines is 2. The number of aromatic nitrogens is 1. The Kier molecular flexibility index (Phi) is 5.91. The van der Waals surface area contributed by atoms with Crippen LogP contribution in [-0.4, -0.2) is 46.9 Å². The van der Waals surface area contributed by atoms with Crippen LogP contribution in [0.3, 0.4) is 0 Å². The highest BCUT2D eigenvalue weighted by atomic mass is 16.6. The van der Waals surface area contributed by atoms with Gasteiger partial charge in [0.15, 0.2) is 0 Å². The minimum absolute atomic E-state index is 0.0481. The minimum atomic E-state index is -0.809. The first-order valence-corrected chi connectivity index (χ1v) is 10.3. The number of piperidine rings is 1. The maximum Gasteiger partial charge on any atom is 0.407 e. The largest absolute Gasteiger partial charge is 0.481 e. The summed E-state index contributed by atoms with van der Waals surface area (Å²) in [7, 11) is 0. The molecular weight excluding hydrogens is 372 g/mol. The molecule has 3 atom stereocenters. The van der Waals surface area contributed by atoms with Crippen LogP contribution in [0.15, 0.2) is 6.20 Å². The second kappa shape index (κ2) is 8.08. The fraction of sp³-hybridized carbons (Fsp3) is 0.667. The average molecular weight is 405 g/mol. The van der Waals surface area contributed by atoms with E-state index < -0.39 is 17.7 Å². The molecule has 1 aromatic heterocycles. The number of alkyl carbamates (subject to hydrolysis) is 1. The number of rotatable bonds is 4. The van der Waals surface area contributed by atoms with E-state index in [0.29, 0.717) is 18.2 Å². The molecule has 0 aromatic carbocycles. The van der Waals surface area contributed by atoms with Gasteiger partial charge in [-0.2, -0.15) is 0 Å². The number of aliphatic carboxylic acids is 1. The molecule has 8 nitrogen and oxygen atoms in total. The maximum absolute atomic E-state index is 12.2. The Morgan fingerprint density at radius 1 is 1.38 bits per heavy atom. The maximum atomic E-state index is 12.2. The highest BCUT2D eigenvalue weighted by Crippen LogP contribution is 2.42.